The third-order valence-corrected chi connectivity index (χ3v) is 3.92. The molecule has 0 saturated heterocycles. The third-order valence-electron chi connectivity index (χ3n) is 2.15. The first-order valence-corrected chi connectivity index (χ1v) is 6.35. The molecule has 4 nitrogen and oxygen atoms in total. The zero-order chi connectivity index (χ0) is 12.4. The van der Waals surface area contributed by atoms with Gasteiger partial charge in [-0.2, -0.15) is 0 Å². The predicted octanol–water partition coefficient (Wildman–Crippen LogP) is 3.50. The minimum atomic E-state index is 0.491. The highest BCUT2D eigenvalue weighted by Crippen LogP contribution is 2.35. The second kappa shape index (κ2) is 5.25. The van der Waals surface area contributed by atoms with Crippen molar-refractivity contribution in [2.24, 2.45) is 7.05 Å². The molecular formula is C10H9BrCl2N4. The molecule has 90 valence electrons. The van der Waals surface area contributed by atoms with Crippen molar-refractivity contribution in [3.8, 4) is 0 Å². The second-order valence-electron chi connectivity index (χ2n) is 3.46. The molecule has 0 aliphatic carbocycles. The zero-order valence-electron chi connectivity index (χ0n) is 8.91. The van der Waals surface area contributed by atoms with Crippen LogP contribution in [0.5, 0.6) is 0 Å². The number of nitrogens with zero attached hydrogens (tertiary/aromatic N) is 3. The molecule has 0 unspecified atom stereocenters. The number of aryl methyl sites for hydroxylation is 1. The highest BCUT2D eigenvalue weighted by atomic mass is 79.9. The molecule has 1 N–H and O–H groups in total. The molecule has 0 aliphatic rings. The Morgan fingerprint density at radius 1 is 1.35 bits per heavy atom. The van der Waals surface area contributed by atoms with Crippen LogP contribution in [0.15, 0.2) is 22.8 Å². The summed E-state index contributed by atoms with van der Waals surface area (Å²) in [7, 11) is 1.82. The van der Waals surface area contributed by atoms with Crippen LogP contribution in [-0.2, 0) is 13.6 Å². The Kier molecular flexibility index (Phi) is 3.91. The zero-order valence-corrected chi connectivity index (χ0v) is 12.0. The molecule has 1 heterocycles. The highest BCUT2D eigenvalue weighted by molar-refractivity contribution is 9.10. The number of rotatable bonds is 3. The van der Waals surface area contributed by atoms with Crippen LogP contribution in [0.25, 0.3) is 0 Å². The summed E-state index contributed by atoms with van der Waals surface area (Å²) in [5.41, 5.74) is 1.60. The molecule has 0 aliphatic heterocycles. The van der Waals surface area contributed by atoms with Crippen LogP contribution < -0.4 is 5.32 Å². The van der Waals surface area contributed by atoms with Crippen molar-refractivity contribution < 1.29 is 0 Å². The van der Waals surface area contributed by atoms with E-state index in [0.717, 1.165) is 15.9 Å². The lowest BCUT2D eigenvalue weighted by Crippen LogP contribution is -2.00. The summed E-state index contributed by atoms with van der Waals surface area (Å²) in [6.07, 6.45) is 1.83. The van der Waals surface area contributed by atoms with Gasteiger partial charge < -0.3 is 5.32 Å². The van der Waals surface area contributed by atoms with Gasteiger partial charge in [0, 0.05) is 17.7 Å². The van der Waals surface area contributed by atoms with E-state index in [1.807, 2.05) is 25.4 Å². The minimum absolute atomic E-state index is 0.491. The van der Waals surface area contributed by atoms with Crippen molar-refractivity contribution in [3.05, 3.63) is 38.5 Å². The molecule has 7 heteroatoms. The van der Waals surface area contributed by atoms with Gasteiger partial charge in [0.05, 0.1) is 22.3 Å². The van der Waals surface area contributed by atoms with Gasteiger partial charge in [-0.3, -0.25) is 4.68 Å². The summed E-state index contributed by atoms with van der Waals surface area (Å²) in [6.45, 7) is 0.547. The van der Waals surface area contributed by atoms with E-state index >= 15 is 0 Å². The number of hydrogen-bond donors (Lipinski definition) is 1. The van der Waals surface area contributed by atoms with Crippen molar-refractivity contribution in [2.45, 2.75) is 6.54 Å². The fourth-order valence-electron chi connectivity index (χ4n) is 1.32. The number of benzene rings is 1. The summed E-state index contributed by atoms with van der Waals surface area (Å²) >= 11 is 15.4. The van der Waals surface area contributed by atoms with E-state index in [0.29, 0.717) is 16.6 Å². The Morgan fingerprint density at radius 2 is 2.12 bits per heavy atom. The van der Waals surface area contributed by atoms with Gasteiger partial charge in [0.1, 0.15) is 5.69 Å². The van der Waals surface area contributed by atoms with Gasteiger partial charge in [0.15, 0.2) is 0 Å². The molecule has 17 heavy (non-hydrogen) atoms. The standard InChI is InChI=1S/C10H9BrCl2N4/c1-17-5-6(15-16-17)4-14-8-3-2-7(11)9(12)10(8)13/h2-3,5,14H,4H2,1H3. The molecular weight excluding hydrogens is 327 g/mol. The van der Waals surface area contributed by atoms with Crippen molar-refractivity contribution in [1.82, 2.24) is 15.0 Å². The molecule has 0 bridgehead atoms. The number of anilines is 1. The third kappa shape index (κ3) is 2.91. The molecule has 2 aromatic rings. The quantitative estimate of drug-likeness (QED) is 0.873. The maximum atomic E-state index is 6.10. The normalized spacial score (nSPS) is 10.6. The average molecular weight is 336 g/mol. The lowest BCUT2D eigenvalue weighted by atomic mass is 10.3. The summed E-state index contributed by atoms with van der Waals surface area (Å²) in [4.78, 5) is 0. The van der Waals surface area contributed by atoms with E-state index in [1.54, 1.807) is 4.68 Å². The van der Waals surface area contributed by atoms with Crippen LogP contribution in [-0.4, -0.2) is 15.0 Å². The number of nitrogens with one attached hydrogen (secondary N) is 1. The smallest absolute Gasteiger partial charge is 0.102 e. The Hall–Kier alpha value is -0.780. The van der Waals surface area contributed by atoms with E-state index in [1.165, 1.54) is 0 Å². The molecule has 0 atom stereocenters. The fraction of sp³-hybridized carbons (Fsp3) is 0.200. The van der Waals surface area contributed by atoms with E-state index < -0.39 is 0 Å². The van der Waals surface area contributed by atoms with Crippen molar-refractivity contribution in [3.63, 3.8) is 0 Å². The monoisotopic (exact) mass is 334 g/mol. The largest absolute Gasteiger partial charge is 0.378 e. The Morgan fingerprint density at radius 3 is 2.76 bits per heavy atom. The maximum Gasteiger partial charge on any atom is 0.102 e. The van der Waals surface area contributed by atoms with Crippen LogP contribution in [0.2, 0.25) is 10.0 Å². The molecule has 1 aromatic heterocycles. The number of halogens is 3. The predicted molar refractivity (Wildman–Crippen MR) is 72.5 cm³/mol. The van der Waals surface area contributed by atoms with Gasteiger partial charge in [-0.25, -0.2) is 0 Å². The molecule has 0 amide bonds. The average Bonchev–Trinajstić information content (AvgIpc) is 2.71. The van der Waals surface area contributed by atoms with Crippen LogP contribution in [0, 0.1) is 0 Å². The molecule has 0 radical (unpaired) electrons. The first kappa shape index (κ1) is 12.7. The number of hydrogen-bond acceptors (Lipinski definition) is 3. The summed E-state index contributed by atoms with van der Waals surface area (Å²) in [6, 6.07) is 3.70. The minimum Gasteiger partial charge on any atom is -0.378 e. The first-order valence-electron chi connectivity index (χ1n) is 4.80. The van der Waals surface area contributed by atoms with Crippen molar-refractivity contribution in [2.75, 3.05) is 5.32 Å². The summed E-state index contributed by atoms with van der Waals surface area (Å²) < 4.78 is 2.42. The summed E-state index contributed by atoms with van der Waals surface area (Å²) in [5, 5.41) is 12.0. The first-order chi connectivity index (χ1) is 8.08. The van der Waals surface area contributed by atoms with Gasteiger partial charge in [-0.15, -0.1) is 5.10 Å². The topological polar surface area (TPSA) is 42.7 Å². The van der Waals surface area contributed by atoms with Gasteiger partial charge in [0.2, 0.25) is 0 Å². The van der Waals surface area contributed by atoms with Crippen molar-refractivity contribution >= 4 is 44.8 Å². The fourth-order valence-corrected chi connectivity index (χ4v) is 2.17. The second-order valence-corrected chi connectivity index (χ2v) is 5.07. The van der Waals surface area contributed by atoms with Gasteiger partial charge in [-0.05, 0) is 28.1 Å². The molecule has 0 fully saturated rings. The molecule has 0 saturated carbocycles. The highest BCUT2D eigenvalue weighted by Gasteiger charge is 2.08. The lowest BCUT2D eigenvalue weighted by Gasteiger charge is -2.08. The Bertz CT molecular complexity index is 541. The maximum absolute atomic E-state index is 6.10. The van der Waals surface area contributed by atoms with E-state index in [4.69, 9.17) is 23.2 Å². The molecule has 0 spiro atoms. The molecule has 2 rings (SSSR count). The van der Waals surface area contributed by atoms with Gasteiger partial charge in [0.25, 0.3) is 0 Å². The van der Waals surface area contributed by atoms with Crippen LogP contribution in [0.4, 0.5) is 5.69 Å². The van der Waals surface area contributed by atoms with E-state index in [-0.39, 0.29) is 0 Å². The summed E-state index contributed by atoms with van der Waals surface area (Å²) in [5.74, 6) is 0. The SMILES string of the molecule is Cn1cc(CNc2ccc(Br)c(Cl)c2Cl)nn1. The van der Waals surface area contributed by atoms with Gasteiger partial charge in [-0.1, -0.05) is 28.4 Å². The van der Waals surface area contributed by atoms with Crippen LogP contribution in [0.3, 0.4) is 0 Å². The van der Waals surface area contributed by atoms with Crippen molar-refractivity contribution in [1.29, 1.82) is 0 Å². The number of aromatic nitrogens is 3. The Labute approximate surface area is 117 Å². The van der Waals surface area contributed by atoms with Crippen LogP contribution in [0.1, 0.15) is 5.69 Å². The molecule has 1 aromatic carbocycles. The Balaban J connectivity index is 2.12. The van der Waals surface area contributed by atoms with E-state index in [2.05, 4.69) is 31.6 Å². The van der Waals surface area contributed by atoms with Crippen LogP contribution >= 0.6 is 39.1 Å². The van der Waals surface area contributed by atoms with E-state index in [9.17, 15) is 0 Å². The van der Waals surface area contributed by atoms with Gasteiger partial charge >= 0.3 is 0 Å². The lowest BCUT2D eigenvalue weighted by molar-refractivity contribution is 0.713.